The number of aliphatic hydroxyl groups is 1. The van der Waals surface area contributed by atoms with E-state index < -0.39 is 0 Å². The third-order valence-electron chi connectivity index (χ3n) is 4.28. The molecule has 1 saturated heterocycles. The molecule has 5 nitrogen and oxygen atoms in total. The monoisotopic (exact) mass is 288 g/mol. The summed E-state index contributed by atoms with van der Waals surface area (Å²) >= 11 is 0. The van der Waals surface area contributed by atoms with Gasteiger partial charge in [0.2, 0.25) is 0 Å². The molecular weight excluding hydrogens is 264 g/mol. The topological polar surface area (TPSA) is 44.0 Å². The van der Waals surface area contributed by atoms with E-state index in [0.29, 0.717) is 5.92 Å². The molecule has 1 atom stereocenters. The van der Waals surface area contributed by atoms with Gasteiger partial charge in [0.1, 0.15) is 0 Å². The third-order valence-corrected chi connectivity index (χ3v) is 4.28. The van der Waals surface area contributed by atoms with Crippen LogP contribution >= 0.6 is 0 Å². The standard InChI is InChI=1S/C16H24N4O/c1-18(2)16-15-6-4-8-20(15)12-14(17-16)13-5-3-7-19(11-13)9-10-21/h4,6,8,12-13,21H,3,5,7,9-11H2,1-2H3/t13-/m1/s1. The number of aliphatic hydroxyl groups excluding tert-OH is 1. The van der Waals surface area contributed by atoms with Gasteiger partial charge in [-0.1, -0.05) is 0 Å². The first kappa shape index (κ1) is 14.4. The zero-order valence-corrected chi connectivity index (χ0v) is 12.9. The van der Waals surface area contributed by atoms with E-state index in [2.05, 4.69) is 38.7 Å². The number of aromatic nitrogens is 2. The maximum atomic E-state index is 9.14. The lowest BCUT2D eigenvalue weighted by Crippen LogP contribution is -2.36. The van der Waals surface area contributed by atoms with Gasteiger partial charge in [0.05, 0.1) is 17.8 Å². The van der Waals surface area contributed by atoms with Crippen LogP contribution in [0.4, 0.5) is 5.82 Å². The molecule has 3 heterocycles. The number of piperidine rings is 1. The van der Waals surface area contributed by atoms with Crippen molar-refractivity contribution in [1.82, 2.24) is 14.3 Å². The summed E-state index contributed by atoms with van der Waals surface area (Å²) in [6, 6.07) is 4.16. The Morgan fingerprint density at radius 1 is 1.43 bits per heavy atom. The Bertz CT molecular complexity index is 605. The first-order valence-corrected chi connectivity index (χ1v) is 7.67. The first-order valence-electron chi connectivity index (χ1n) is 7.67. The van der Waals surface area contributed by atoms with E-state index in [1.54, 1.807) is 0 Å². The lowest BCUT2D eigenvalue weighted by molar-refractivity contribution is 0.160. The van der Waals surface area contributed by atoms with Gasteiger partial charge >= 0.3 is 0 Å². The highest BCUT2D eigenvalue weighted by molar-refractivity contribution is 5.69. The summed E-state index contributed by atoms with van der Waals surface area (Å²) in [6.45, 7) is 3.08. The van der Waals surface area contributed by atoms with Gasteiger partial charge in [0.25, 0.3) is 0 Å². The van der Waals surface area contributed by atoms with Crippen molar-refractivity contribution in [2.75, 3.05) is 45.2 Å². The molecule has 0 amide bonds. The number of hydrogen-bond donors (Lipinski definition) is 1. The van der Waals surface area contributed by atoms with Gasteiger partial charge in [-0.25, -0.2) is 4.98 Å². The van der Waals surface area contributed by atoms with Crippen molar-refractivity contribution < 1.29 is 5.11 Å². The van der Waals surface area contributed by atoms with Gasteiger partial charge in [0, 0.05) is 45.5 Å². The van der Waals surface area contributed by atoms with Crippen LogP contribution in [-0.2, 0) is 0 Å². The average Bonchev–Trinajstić information content (AvgIpc) is 2.95. The van der Waals surface area contributed by atoms with Crippen LogP contribution in [0, 0.1) is 0 Å². The zero-order chi connectivity index (χ0) is 14.8. The van der Waals surface area contributed by atoms with Gasteiger partial charge in [-0.3, -0.25) is 0 Å². The number of fused-ring (bicyclic) bond motifs is 1. The molecule has 1 fully saturated rings. The molecule has 114 valence electrons. The molecule has 0 spiro atoms. The quantitative estimate of drug-likeness (QED) is 0.927. The maximum Gasteiger partial charge on any atom is 0.152 e. The summed E-state index contributed by atoms with van der Waals surface area (Å²) in [5, 5.41) is 9.14. The minimum Gasteiger partial charge on any atom is -0.395 e. The molecule has 1 aliphatic heterocycles. The van der Waals surface area contributed by atoms with Crippen LogP contribution in [-0.4, -0.2) is 59.7 Å². The molecule has 0 unspecified atom stereocenters. The van der Waals surface area contributed by atoms with Crippen LogP contribution in [0.15, 0.2) is 24.5 Å². The maximum absolute atomic E-state index is 9.14. The summed E-state index contributed by atoms with van der Waals surface area (Å²) in [5.41, 5.74) is 2.30. The van der Waals surface area contributed by atoms with E-state index in [0.717, 1.165) is 36.7 Å². The van der Waals surface area contributed by atoms with Crippen molar-refractivity contribution in [3.63, 3.8) is 0 Å². The largest absolute Gasteiger partial charge is 0.395 e. The molecule has 1 aliphatic rings. The molecule has 0 bridgehead atoms. The molecule has 5 heteroatoms. The van der Waals surface area contributed by atoms with Crippen LogP contribution in [0.1, 0.15) is 24.5 Å². The van der Waals surface area contributed by atoms with Crippen LogP contribution < -0.4 is 4.90 Å². The fourth-order valence-corrected chi connectivity index (χ4v) is 3.21. The lowest BCUT2D eigenvalue weighted by atomic mass is 9.95. The van der Waals surface area contributed by atoms with Crippen LogP contribution in [0.3, 0.4) is 0 Å². The second kappa shape index (κ2) is 6.03. The smallest absolute Gasteiger partial charge is 0.152 e. The number of β-amino-alcohol motifs (C(OH)–C–C–N with tert-alkyl or cyclic N) is 1. The summed E-state index contributed by atoms with van der Waals surface area (Å²) in [7, 11) is 4.08. The van der Waals surface area contributed by atoms with Crippen molar-refractivity contribution >= 4 is 11.3 Å². The molecule has 3 rings (SSSR count). The van der Waals surface area contributed by atoms with Gasteiger partial charge in [-0.15, -0.1) is 0 Å². The van der Waals surface area contributed by atoms with Crippen molar-refractivity contribution in [3.8, 4) is 0 Å². The third kappa shape index (κ3) is 2.89. The van der Waals surface area contributed by atoms with E-state index in [1.807, 2.05) is 14.1 Å². The Labute approximate surface area is 125 Å². The Balaban J connectivity index is 1.92. The van der Waals surface area contributed by atoms with E-state index in [1.165, 1.54) is 12.8 Å². The number of hydrogen-bond acceptors (Lipinski definition) is 4. The van der Waals surface area contributed by atoms with Gasteiger partial charge < -0.3 is 19.3 Å². The van der Waals surface area contributed by atoms with Crippen molar-refractivity contribution in [1.29, 1.82) is 0 Å². The Morgan fingerprint density at radius 2 is 2.29 bits per heavy atom. The minimum absolute atomic E-state index is 0.236. The van der Waals surface area contributed by atoms with Crippen molar-refractivity contribution in [2.24, 2.45) is 0 Å². The molecule has 0 aliphatic carbocycles. The normalized spacial score (nSPS) is 20.0. The first-order chi connectivity index (χ1) is 10.2. The number of likely N-dealkylation sites (tertiary alicyclic amines) is 1. The highest BCUT2D eigenvalue weighted by atomic mass is 16.3. The zero-order valence-electron chi connectivity index (χ0n) is 12.9. The summed E-state index contributed by atoms with van der Waals surface area (Å²) in [6.07, 6.45) is 6.60. The number of anilines is 1. The van der Waals surface area contributed by atoms with Gasteiger partial charge in [0.15, 0.2) is 5.82 Å². The fourth-order valence-electron chi connectivity index (χ4n) is 3.21. The molecule has 2 aromatic rings. The minimum atomic E-state index is 0.236. The predicted molar refractivity (Wildman–Crippen MR) is 85.0 cm³/mol. The van der Waals surface area contributed by atoms with Crippen molar-refractivity contribution in [3.05, 3.63) is 30.2 Å². The number of rotatable bonds is 4. The second-order valence-electron chi connectivity index (χ2n) is 6.05. The SMILES string of the molecule is CN(C)c1nc([C@@H]2CCCN(CCO)C2)cn2cccc12. The Hall–Kier alpha value is -1.59. The predicted octanol–water partition coefficient (Wildman–Crippen LogP) is 1.57. The summed E-state index contributed by atoms with van der Waals surface area (Å²) in [5.74, 6) is 1.48. The Kier molecular flexibility index (Phi) is 4.12. The molecule has 1 N–H and O–H groups in total. The molecule has 0 saturated carbocycles. The summed E-state index contributed by atoms with van der Waals surface area (Å²) < 4.78 is 2.17. The summed E-state index contributed by atoms with van der Waals surface area (Å²) in [4.78, 5) is 9.32. The van der Waals surface area contributed by atoms with Crippen LogP contribution in [0.5, 0.6) is 0 Å². The van der Waals surface area contributed by atoms with Crippen LogP contribution in [0.25, 0.3) is 5.52 Å². The number of nitrogens with zero attached hydrogens (tertiary/aromatic N) is 4. The molecule has 2 aromatic heterocycles. The fraction of sp³-hybridized carbons (Fsp3) is 0.562. The van der Waals surface area contributed by atoms with E-state index in [4.69, 9.17) is 10.1 Å². The molecular formula is C16H24N4O. The molecule has 0 radical (unpaired) electrons. The van der Waals surface area contributed by atoms with E-state index in [9.17, 15) is 0 Å². The highest BCUT2D eigenvalue weighted by Gasteiger charge is 2.23. The van der Waals surface area contributed by atoms with Gasteiger partial charge in [-0.2, -0.15) is 0 Å². The van der Waals surface area contributed by atoms with E-state index >= 15 is 0 Å². The van der Waals surface area contributed by atoms with Gasteiger partial charge in [-0.05, 0) is 31.5 Å². The average molecular weight is 288 g/mol. The lowest BCUT2D eigenvalue weighted by Gasteiger charge is -2.32. The molecule has 0 aromatic carbocycles. The highest BCUT2D eigenvalue weighted by Crippen LogP contribution is 2.28. The van der Waals surface area contributed by atoms with Crippen molar-refractivity contribution in [2.45, 2.75) is 18.8 Å². The van der Waals surface area contributed by atoms with E-state index in [-0.39, 0.29) is 6.61 Å². The van der Waals surface area contributed by atoms with Crippen LogP contribution in [0.2, 0.25) is 0 Å². The Morgan fingerprint density at radius 3 is 3.05 bits per heavy atom. The second-order valence-corrected chi connectivity index (χ2v) is 6.05. The molecule has 21 heavy (non-hydrogen) atoms.